The Labute approximate surface area is 153 Å². The van der Waals surface area contributed by atoms with Gasteiger partial charge in [-0.2, -0.15) is 0 Å². The number of anilines is 1. The SMILES string of the molecule is CC(C)C(=O)Nc1ccc(CNC(=O)CCC(=O)c2ccccc2)cc1. The summed E-state index contributed by atoms with van der Waals surface area (Å²) in [6.07, 6.45) is 0.353. The first-order valence-electron chi connectivity index (χ1n) is 8.70. The third-order valence-electron chi connectivity index (χ3n) is 3.91. The molecule has 0 heterocycles. The van der Waals surface area contributed by atoms with Crippen LogP contribution in [0.2, 0.25) is 0 Å². The maximum Gasteiger partial charge on any atom is 0.226 e. The molecule has 0 aliphatic rings. The zero-order chi connectivity index (χ0) is 18.9. The Bertz CT molecular complexity index is 753. The molecule has 0 spiro atoms. The maximum absolute atomic E-state index is 12.0. The van der Waals surface area contributed by atoms with Crippen LogP contribution in [0.5, 0.6) is 0 Å². The number of amides is 2. The van der Waals surface area contributed by atoms with E-state index in [0.29, 0.717) is 12.1 Å². The van der Waals surface area contributed by atoms with E-state index in [1.807, 2.05) is 32.0 Å². The van der Waals surface area contributed by atoms with Crippen LogP contribution in [0.15, 0.2) is 54.6 Å². The van der Waals surface area contributed by atoms with Crippen molar-refractivity contribution in [2.24, 2.45) is 5.92 Å². The van der Waals surface area contributed by atoms with E-state index in [0.717, 1.165) is 11.3 Å². The van der Waals surface area contributed by atoms with Crippen molar-refractivity contribution in [3.8, 4) is 0 Å². The van der Waals surface area contributed by atoms with Crippen molar-refractivity contribution in [3.63, 3.8) is 0 Å². The number of hydrogen-bond donors (Lipinski definition) is 2. The molecule has 2 amide bonds. The maximum atomic E-state index is 12.0. The predicted octanol–water partition coefficient (Wildman–Crippen LogP) is 3.56. The molecule has 0 aromatic heterocycles. The summed E-state index contributed by atoms with van der Waals surface area (Å²) in [6.45, 7) is 4.06. The molecular formula is C21H24N2O3. The Morgan fingerprint density at radius 3 is 2.15 bits per heavy atom. The smallest absolute Gasteiger partial charge is 0.226 e. The van der Waals surface area contributed by atoms with Crippen LogP contribution in [0.1, 0.15) is 42.6 Å². The fraction of sp³-hybridized carbons (Fsp3) is 0.286. The number of hydrogen-bond acceptors (Lipinski definition) is 3. The lowest BCUT2D eigenvalue weighted by Crippen LogP contribution is -2.23. The number of ketones is 1. The Morgan fingerprint density at radius 1 is 0.885 bits per heavy atom. The van der Waals surface area contributed by atoms with Gasteiger partial charge in [0.25, 0.3) is 0 Å². The topological polar surface area (TPSA) is 75.3 Å². The summed E-state index contributed by atoms with van der Waals surface area (Å²) < 4.78 is 0. The van der Waals surface area contributed by atoms with E-state index < -0.39 is 0 Å². The molecule has 26 heavy (non-hydrogen) atoms. The monoisotopic (exact) mass is 352 g/mol. The summed E-state index contributed by atoms with van der Waals surface area (Å²) in [4.78, 5) is 35.5. The van der Waals surface area contributed by atoms with Gasteiger partial charge in [-0.3, -0.25) is 14.4 Å². The molecule has 136 valence electrons. The van der Waals surface area contributed by atoms with Crippen molar-refractivity contribution < 1.29 is 14.4 Å². The molecule has 2 N–H and O–H groups in total. The highest BCUT2D eigenvalue weighted by molar-refractivity contribution is 5.97. The number of Topliss-reactive ketones (excluding diaryl/α,β-unsaturated/α-hetero) is 1. The van der Waals surface area contributed by atoms with E-state index >= 15 is 0 Å². The molecule has 0 atom stereocenters. The van der Waals surface area contributed by atoms with Gasteiger partial charge in [0.1, 0.15) is 0 Å². The predicted molar refractivity (Wildman–Crippen MR) is 102 cm³/mol. The zero-order valence-electron chi connectivity index (χ0n) is 15.1. The molecule has 0 aliphatic carbocycles. The van der Waals surface area contributed by atoms with Gasteiger partial charge in [0, 0.05) is 36.6 Å². The molecule has 0 bridgehead atoms. The van der Waals surface area contributed by atoms with Gasteiger partial charge in [-0.1, -0.05) is 56.3 Å². The van der Waals surface area contributed by atoms with E-state index in [-0.39, 0.29) is 36.4 Å². The van der Waals surface area contributed by atoms with E-state index in [4.69, 9.17) is 0 Å². The normalized spacial score (nSPS) is 10.4. The van der Waals surface area contributed by atoms with E-state index in [1.54, 1.807) is 36.4 Å². The Kier molecular flexibility index (Phi) is 7.09. The average molecular weight is 352 g/mol. The Hall–Kier alpha value is -2.95. The fourth-order valence-electron chi connectivity index (χ4n) is 2.28. The van der Waals surface area contributed by atoms with Crippen LogP contribution < -0.4 is 10.6 Å². The molecule has 0 radical (unpaired) electrons. The molecule has 5 heteroatoms. The van der Waals surface area contributed by atoms with Gasteiger partial charge in [-0.25, -0.2) is 0 Å². The molecular weight excluding hydrogens is 328 g/mol. The minimum absolute atomic E-state index is 0.0332. The van der Waals surface area contributed by atoms with Crippen molar-refractivity contribution in [3.05, 3.63) is 65.7 Å². The third kappa shape index (κ3) is 6.16. The van der Waals surface area contributed by atoms with Gasteiger partial charge in [-0.15, -0.1) is 0 Å². The van der Waals surface area contributed by atoms with Gasteiger partial charge in [0.15, 0.2) is 5.78 Å². The number of benzene rings is 2. The quantitative estimate of drug-likeness (QED) is 0.713. The molecule has 2 aromatic carbocycles. The highest BCUT2D eigenvalue weighted by Gasteiger charge is 2.09. The molecule has 0 aliphatic heterocycles. The molecule has 5 nitrogen and oxygen atoms in total. The minimum atomic E-state index is -0.161. The molecule has 0 saturated carbocycles. The lowest BCUT2D eigenvalue weighted by Gasteiger charge is -2.09. The van der Waals surface area contributed by atoms with E-state index in [2.05, 4.69) is 10.6 Å². The number of carbonyl (C=O) groups is 3. The number of nitrogens with one attached hydrogen (secondary N) is 2. The summed E-state index contributed by atoms with van der Waals surface area (Å²) in [5, 5.41) is 5.62. The standard InChI is InChI=1S/C21H24N2O3/c1-15(2)21(26)23-18-10-8-16(9-11-18)14-22-20(25)13-12-19(24)17-6-4-3-5-7-17/h3-11,15H,12-14H2,1-2H3,(H,22,25)(H,23,26). The van der Waals surface area contributed by atoms with Crippen molar-refractivity contribution in [1.82, 2.24) is 5.32 Å². The average Bonchev–Trinajstić information content (AvgIpc) is 2.66. The van der Waals surface area contributed by atoms with Crippen molar-refractivity contribution >= 4 is 23.3 Å². The Morgan fingerprint density at radius 2 is 1.54 bits per heavy atom. The van der Waals surface area contributed by atoms with Crippen LogP contribution in [0.4, 0.5) is 5.69 Å². The largest absolute Gasteiger partial charge is 0.352 e. The first kappa shape index (κ1) is 19.4. The zero-order valence-corrected chi connectivity index (χ0v) is 15.1. The third-order valence-corrected chi connectivity index (χ3v) is 3.91. The summed E-state index contributed by atoms with van der Waals surface area (Å²) in [7, 11) is 0. The summed E-state index contributed by atoms with van der Waals surface area (Å²) in [6, 6.07) is 16.3. The molecule has 0 fully saturated rings. The van der Waals surface area contributed by atoms with Gasteiger partial charge in [0.2, 0.25) is 11.8 Å². The summed E-state index contributed by atoms with van der Waals surface area (Å²) in [5.41, 5.74) is 2.28. The van der Waals surface area contributed by atoms with Crippen molar-refractivity contribution in [2.45, 2.75) is 33.2 Å². The van der Waals surface area contributed by atoms with Gasteiger partial charge in [-0.05, 0) is 17.7 Å². The van der Waals surface area contributed by atoms with Crippen molar-refractivity contribution in [2.75, 3.05) is 5.32 Å². The second-order valence-electron chi connectivity index (χ2n) is 6.41. The fourth-order valence-corrected chi connectivity index (χ4v) is 2.28. The Balaban J connectivity index is 1.75. The number of carbonyl (C=O) groups excluding carboxylic acids is 3. The second-order valence-corrected chi connectivity index (χ2v) is 6.41. The van der Waals surface area contributed by atoms with Gasteiger partial charge >= 0.3 is 0 Å². The lowest BCUT2D eigenvalue weighted by molar-refractivity contribution is -0.121. The van der Waals surface area contributed by atoms with Gasteiger partial charge < -0.3 is 10.6 Å². The minimum Gasteiger partial charge on any atom is -0.352 e. The molecule has 0 saturated heterocycles. The van der Waals surface area contributed by atoms with Crippen LogP contribution in [0.25, 0.3) is 0 Å². The summed E-state index contributed by atoms with van der Waals surface area (Å²) in [5.74, 6) is -0.306. The van der Waals surface area contributed by atoms with E-state index in [1.165, 1.54) is 0 Å². The van der Waals surface area contributed by atoms with Gasteiger partial charge in [0.05, 0.1) is 0 Å². The second kappa shape index (κ2) is 9.51. The van der Waals surface area contributed by atoms with Crippen LogP contribution in [-0.4, -0.2) is 17.6 Å². The van der Waals surface area contributed by atoms with Crippen LogP contribution in [0, 0.1) is 5.92 Å². The lowest BCUT2D eigenvalue weighted by atomic mass is 10.1. The molecule has 2 aromatic rings. The molecule has 2 rings (SSSR count). The van der Waals surface area contributed by atoms with Crippen LogP contribution in [-0.2, 0) is 16.1 Å². The number of rotatable bonds is 8. The molecule has 0 unspecified atom stereocenters. The first-order chi connectivity index (χ1) is 12.5. The first-order valence-corrected chi connectivity index (χ1v) is 8.70. The van der Waals surface area contributed by atoms with Crippen LogP contribution in [0.3, 0.4) is 0 Å². The van der Waals surface area contributed by atoms with Crippen LogP contribution >= 0.6 is 0 Å². The van der Waals surface area contributed by atoms with Crippen molar-refractivity contribution in [1.29, 1.82) is 0 Å². The summed E-state index contributed by atoms with van der Waals surface area (Å²) >= 11 is 0. The van der Waals surface area contributed by atoms with E-state index in [9.17, 15) is 14.4 Å². The highest BCUT2D eigenvalue weighted by atomic mass is 16.2. The highest BCUT2D eigenvalue weighted by Crippen LogP contribution is 2.11.